The Labute approximate surface area is 84.2 Å². The molecule has 0 spiro atoms. The van der Waals surface area contributed by atoms with E-state index in [2.05, 4.69) is 16.5 Å². The molecule has 0 fully saturated rings. The second kappa shape index (κ2) is 5.17. The van der Waals surface area contributed by atoms with Gasteiger partial charge < -0.3 is 4.74 Å². The van der Waals surface area contributed by atoms with Crippen LogP contribution in [0.1, 0.15) is 18.3 Å². The van der Waals surface area contributed by atoms with Crippen LogP contribution in [0.5, 0.6) is 0 Å². The van der Waals surface area contributed by atoms with Gasteiger partial charge in [0, 0.05) is 6.20 Å². The molecule has 0 saturated heterocycles. The van der Waals surface area contributed by atoms with Gasteiger partial charge in [-0.3, -0.25) is 9.97 Å². The van der Waals surface area contributed by atoms with Crippen LogP contribution in [0.3, 0.4) is 0 Å². The molecule has 14 heavy (non-hydrogen) atoms. The van der Waals surface area contributed by atoms with Crippen molar-refractivity contribution in [1.82, 2.24) is 9.97 Å². The van der Waals surface area contributed by atoms with E-state index < -0.39 is 0 Å². The molecule has 0 aliphatic rings. The third-order valence-electron chi connectivity index (χ3n) is 1.61. The molecule has 74 valence electrons. The average Bonchev–Trinajstić information content (AvgIpc) is 2.15. The highest BCUT2D eigenvalue weighted by atomic mass is 16.5. The summed E-state index contributed by atoms with van der Waals surface area (Å²) in [5.41, 5.74) is 1.73. The molecule has 1 aromatic heterocycles. The summed E-state index contributed by atoms with van der Waals surface area (Å²) in [5.74, 6) is 0.823. The van der Waals surface area contributed by atoms with Crippen molar-refractivity contribution in [3.63, 3.8) is 0 Å². The number of hydrogen-bond acceptors (Lipinski definition) is 3. The molecule has 0 saturated carbocycles. The van der Waals surface area contributed by atoms with Gasteiger partial charge in [-0.15, -0.1) is 0 Å². The normalized spacial score (nSPS) is 11.1. The Morgan fingerprint density at radius 2 is 2.36 bits per heavy atom. The van der Waals surface area contributed by atoms with E-state index in [1.54, 1.807) is 18.5 Å². The molecule has 1 rings (SSSR count). The third kappa shape index (κ3) is 3.39. The van der Waals surface area contributed by atoms with Crippen molar-refractivity contribution < 1.29 is 4.74 Å². The maximum Gasteiger partial charge on any atom is 0.131 e. The summed E-state index contributed by atoms with van der Waals surface area (Å²) in [6.45, 7) is 7.82. The number of rotatable bonds is 4. The van der Waals surface area contributed by atoms with Gasteiger partial charge in [-0.1, -0.05) is 12.7 Å². The van der Waals surface area contributed by atoms with Crippen LogP contribution < -0.4 is 0 Å². The summed E-state index contributed by atoms with van der Waals surface area (Å²) in [4.78, 5) is 8.29. The zero-order valence-corrected chi connectivity index (χ0v) is 8.53. The number of nitrogens with zero attached hydrogens (tertiary/aromatic N) is 2. The first-order valence-corrected chi connectivity index (χ1v) is 4.42. The molecular weight excluding hydrogens is 176 g/mol. The summed E-state index contributed by atoms with van der Waals surface area (Å²) in [6.07, 6.45) is 6.92. The molecule has 0 aliphatic carbocycles. The Hall–Kier alpha value is -1.64. The van der Waals surface area contributed by atoms with E-state index in [-0.39, 0.29) is 0 Å². The smallest absolute Gasteiger partial charge is 0.131 e. The quantitative estimate of drug-likeness (QED) is 0.540. The Bertz CT molecular complexity index is 345. The van der Waals surface area contributed by atoms with Crippen molar-refractivity contribution in [2.24, 2.45) is 0 Å². The van der Waals surface area contributed by atoms with Crippen LogP contribution in [0.15, 0.2) is 36.9 Å². The predicted octanol–water partition coefficient (Wildman–Crippen LogP) is 2.39. The number of hydrogen-bond donors (Lipinski definition) is 0. The first-order valence-electron chi connectivity index (χ1n) is 4.42. The summed E-state index contributed by atoms with van der Waals surface area (Å²) in [6, 6.07) is 0. The molecular formula is C11H14N2O. The molecule has 0 aromatic carbocycles. The molecule has 0 N–H and O–H groups in total. The number of aryl methyl sites for hydroxylation is 1. The molecule has 1 heterocycles. The lowest BCUT2D eigenvalue weighted by Crippen LogP contribution is -1.96. The van der Waals surface area contributed by atoms with Gasteiger partial charge in [-0.05, 0) is 19.9 Å². The number of aromatic nitrogens is 2. The molecule has 0 aliphatic heterocycles. The van der Waals surface area contributed by atoms with Crippen molar-refractivity contribution in [1.29, 1.82) is 0 Å². The average molecular weight is 190 g/mol. The topological polar surface area (TPSA) is 35.0 Å². The van der Waals surface area contributed by atoms with E-state index in [4.69, 9.17) is 4.74 Å². The molecule has 0 bridgehead atoms. The van der Waals surface area contributed by atoms with Gasteiger partial charge in [-0.25, -0.2) is 0 Å². The third-order valence-corrected chi connectivity index (χ3v) is 1.61. The van der Waals surface area contributed by atoms with E-state index in [0.29, 0.717) is 6.61 Å². The first-order chi connectivity index (χ1) is 6.72. The maximum absolute atomic E-state index is 5.41. The first kappa shape index (κ1) is 10.4. The van der Waals surface area contributed by atoms with Gasteiger partial charge >= 0.3 is 0 Å². The largest absolute Gasteiger partial charge is 0.492 e. The predicted molar refractivity (Wildman–Crippen MR) is 55.5 cm³/mol. The highest BCUT2D eigenvalue weighted by molar-refractivity contribution is 5.04. The van der Waals surface area contributed by atoms with Crippen LogP contribution in [0, 0.1) is 6.92 Å². The standard InChI is InChI=1S/C11H14N2O/c1-4-5-10(3)14-8-11-7-12-6-9(2)13-11/h4-7H,1,8H2,2-3H3/b10-5+. The highest BCUT2D eigenvalue weighted by Gasteiger charge is 1.96. The zero-order chi connectivity index (χ0) is 10.4. The zero-order valence-electron chi connectivity index (χ0n) is 8.53. The summed E-state index contributed by atoms with van der Waals surface area (Å²) >= 11 is 0. The van der Waals surface area contributed by atoms with Crippen LogP contribution in [0.4, 0.5) is 0 Å². The maximum atomic E-state index is 5.41. The Kier molecular flexibility index (Phi) is 3.85. The van der Waals surface area contributed by atoms with Gasteiger partial charge in [0.2, 0.25) is 0 Å². The van der Waals surface area contributed by atoms with Crippen molar-refractivity contribution in [3.8, 4) is 0 Å². The summed E-state index contributed by atoms with van der Waals surface area (Å²) in [7, 11) is 0. The Morgan fingerprint density at radius 1 is 1.57 bits per heavy atom. The second-order valence-corrected chi connectivity index (χ2v) is 2.95. The van der Waals surface area contributed by atoms with Crippen LogP contribution in [-0.4, -0.2) is 9.97 Å². The van der Waals surface area contributed by atoms with Crippen LogP contribution >= 0.6 is 0 Å². The fourth-order valence-electron chi connectivity index (χ4n) is 0.987. The van der Waals surface area contributed by atoms with Crippen molar-refractivity contribution in [3.05, 3.63) is 48.3 Å². The van der Waals surface area contributed by atoms with E-state index >= 15 is 0 Å². The van der Waals surface area contributed by atoms with Gasteiger partial charge in [0.15, 0.2) is 0 Å². The SMILES string of the molecule is C=C/C=C(\C)OCc1cncc(C)n1. The van der Waals surface area contributed by atoms with Crippen molar-refractivity contribution in [2.45, 2.75) is 20.5 Å². The second-order valence-electron chi connectivity index (χ2n) is 2.95. The van der Waals surface area contributed by atoms with Gasteiger partial charge in [-0.2, -0.15) is 0 Å². The fourth-order valence-corrected chi connectivity index (χ4v) is 0.987. The minimum atomic E-state index is 0.449. The van der Waals surface area contributed by atoms with Gasteiger partial charge in [0.05, 0.1) is 23.3 Å². The lowest BCUT2D eigenvalue weighted by atomic mass is 10.4. The molecule has 0 radical (unpaired) electrons. The van der Waals surface area contributed by atoms with Crippen molar-refractivity contribution in [2.75, 3.05) is 0 Å². The van der Waals surface area contributed by atoms with Crippen LogP contribution in [-0.2, 0) is 11.3 Å². The fraction of sp³-hybridized carbons (Fsp3) is 0.273. The van der Waals surface area contributed by atoms with E-state index in [1.807, 2.05) is 19.9 Å². The molecule has 3 nitrogen and oxygen atoms in total. The lowest BCUT2D eigenvalue weighted by Gasteiger charge is -2.04. The summed E-state index contributed by atoms with van der Waals surface area (Å²) in [5, 5.41) is 0. The van der Waals surface area contributed by atoms with E-state index in [9.17, 15) is 0 Å². The Balaban J connectivity index is 2.53. The monoisotopic (exact) mass is 190 g/mol. The Morgan fingerprint density at radius 3 is 3.00 bits per heavy atom. The molecule has 0 unspecified atom stereocenters. The van der Waals surface area contributed by atoms with Crippen molar-refractivity contribution >= 4 is 0 Å². The highest BCUT2D eigenvalue weighted by Crippen LogP contribution is 2.02. The van der Waals surface area contributed by atoms with Crippen LogP contribution in [0.25, 0.3) is 0 Å². The molecule has 1 aromatic rings. The van der Waals surface area contributed by atoms with Crippen LogP contribution in [0.2, 0.25) is 0 Å². The van der Waals surface area contributed by atoms with Gasteiger partial charge in [0.1, 0.15) is 6.61 Å². The minimum absolute atomic E-state index is 0.449. The number of allylic oxidation sites excluding steroid dienone is 3. The molecule has 0 atom stereocenters. The summed E-state index contributed by atoms with van der Waals surface area (Å²) < 4.78 is 5.41. The lowest BCUT2D eigenvalue weighted by molar-refractivity contribution is 0.197. The number of ether oxygens (including phenoxy) is 1. The van der Waals surface area contributed by atoms with E-state index in [0.717, 1.165) is 17.1 Å². The molecule has 0 amide bonds. The van der Waals surface area contributed by atoms with Gasteiger partial charge in [0.25, 0.3) is 0 Å². The minimum Gasteiger partial charge on any atom is -0.492 e. The molecule has 3 heteroatoms. The van der Waals surface area contributed by atoms with E-state index in [1.165, 1.54) is 0 Å².